The summed E-state index contributed by atoms with van der Waals surface area (Å²) in [6, 6.07) is 1.69. The standard InChI is InChI=1S/C9H16N4O3S/c1-2-8-7-9(11-10-8)12-17(14,15)13-3-5-16-6-4-13/h7H,2-6H2,1H3,(H2,10,11,12). The Balaban J connectivity index is 2.05. The van der Waals surface area contributed by atoms with Crippen molar-refractivity contribution in [1.82, 2.24) is 14.5 Å². The fourth-order valence-corrected chi connectivity index (χ4v) is 2.71. The third-order valence-electron chi connectivity index (χ3n) is 2.56. The highest BCUT2D eigenvalue weighted by molar-refractivity contribution is 7.90. The van der Waals surface area contributed by atoms with Gasteiger partial charge in [-0.3, -0.25) is 9.82 Å². The molecular weight excluding hydrogens is 244 g/mol. The van der Waals surface area contributed by atoms with E-state index in [4.69, 9.17) is 4.74 Å². The number of nitrogens with one attached hydrogen (secondary N) is 2. The van der Waals surface area contributed by atoms with Crippen LogP contribution in [0.3, 0.4) is 0 Å². The largest absolute Gasteiger partial charge is 0.379 e. The smallest absolute Gasteiger partial charge is 0.303 e. The van der Waals surface area contributed by atoms with Gasteiger partial charge in [-0.2, -0.15) is 17.8 Å². The van der Waals surface area contributed by atoms with Gasteiger partial charge >= 0.3 is 10.2 Å². The molecule has 0 unspecified atom stereocenters. The van der Waals surface area contributed by atoms with Crippen LogP contribution < -0.4 is 4.72 Å². The Labute approximate surface area is 100 Å². The van der Waals surface area contributed by atoms with Gasteiger partial charge in [0, 0.05) is 24.8 Å². The third kappa shape index (κ3) is 2.96. The molecule has 0 aromatic carbocycles. The summed E-state index contributed by atoms with van der Waals surface area (Å²) in [4.78, 5) is 0. The zero-order chi connectivity index (χ0) is 12.3. The predicted molar refractivity (Wildman–Crippen MR) is 62.9 cm³/mol. The van der Waals surface area contributed by atoms with Crippen molar-refractivity contribution >= 4 is 16.0 Å². The van der Waals surface area contributed by atoms with E-state index in [1.807, 2.05) is 6.92 Å². The number of morpholine rings is 1. The molecule has 2 N–H and O–H groups in total. The lowest BCUT2D eigenvalue weighted by atomic mass is 10.3. The summed E-state index contributed by atoms with van der Waals surface area (Å²) in [7, 11) is -3.51. The molecule has 1 aliphatic heterocycles. The summed E-state index contributed by atoms with van der Waals surface area (Å²) in [5.41, 5.74) is 0.893. The molecule has 0 saturated carbocycles. The Morgan fingerprint density at radius 2 is 2.24 bits per heavy atom. The molecule has 0 amide bonds. The number of ether oxygens (including phenoxy) is 1. The molecule has 1 aliphatic rings. The minimum absolute atomic E-state index is 0.327. The summed E-state index contributed by atoms with van der Waals surface area (Å²) < 4.78 is 32.8. The number of nitrogens with zero attached hydrogens (tertiary/aromatic N) is 2. The Morgan fingerprint density at radius 3 is 2.82 bits per heavy atom. The topological polar surface area (TPSA) is 87.3 Å². The van der Waals surface area contributed by atoms with Crippen molar-refractivity contribution in [2.75, 3.05) is 31.0 Å². The van der Waals surface area contributed by atoms with Crippen LogP contribution in [-0.2, 0) is 21.4 Å². The van der Waals surface area contributed by atoms with Crippen molar-refractivity contribution in [3.63, 3.8) is 0 Å². The Hall–Kier alpha value is -1.12. The fraction of sp³-hybridized carbons (Fsp3) is 0.667. The van der Waals surface area contributed by atoms with Gasteiger partial charge in [-0.15, -0.1) is 0 Å². The van der Waals surface area contributed by atoms with Crippen LogP contribution >= 0.6 is 0 Å². The number of anilines is 1. The second kappa shape index (κ2) is 5.03. The lowest BCUT2D eigenvalue weighted by Crippen LogP contribution is -2.43. The summed E-state index contributed by atoms with van der Waals surface area (Å²) in [6.07, 6.45) is 0.784. The zero-order valence-corrected chi connectivity index (χ0v) is 10.5. The van der Waals surface area contributed by atoms with Crippen molar-refractivity contribution in [1.29, 1.82) is 0 Å². The van der Waals surface area contributed by atoms with Gasteiger partial charge in [-0.25, -0.2) is 0 Å². The first-order chi connectivity index (χ1) is 8.12. The first-order valence-electron chi connectivity index (χ1n) is 5.52. The molecule has 2 rings (SSSR count). The van der Waals surface area contributed by atoms with E-state index in [-0.39, 0.29) is 0 Å². The van der Waals surface area contributed by atoms with Crippen LogP contribution in [0.4, 0.5) is 5.82 Å². The van der Waals surface area contributed by atoms with Crippen LogP contribution in [0.5, 0.6) is 0 Å². The SMILES string of the molecule is CCc1cc(NS(=O)(=O)N2CCOCC2)n[nH]1. The molecule has 1 saturated heterocycles. The normalized spacial score (nSPS) is 18.2. The number of rotatable bonds is 4. The van der Waals surface area contributed by atoms with E-state index < -0.39 is 10.2 Å². The first-order valence-corrected chi connectivity index (χ1v) is 6.96. The minimum Gasteiger partial charge on any atom is -0.379 e. The van der Waals surface area contributed by atoms with Crippen molar-refractivity contribution in [3.8, 4) is 0 Å². The third-order valence-corrected chi connectivity index (χ3v) is 4.07. The molecule has 1 aromatic rings. The van der Waals surface area contributed by atoms with E-state index in [1.54, 1.807) is 6.07 Å². The molecule has 7 nitrogen and oxygen atoms in total. The second-order valence-corrected chi connectivity index (χ2v) is 5.42. The van der Waals surface area contributed by atoms with E-state index >= 15 is 0 Å². The van der Waals surface area contributed by atoms with Crippen molar-refractivity contribution in [2.45, 2.75) is 13.3 Å². The summed E-state index contributed by atoms with van der Waals surface area (Å²) >= 11 is 0. The maximum atomic E-state index is 12.0. The molecule has 0 spiro atoms. The maximum absolute atomic E-state index is 12.0. The van der Waals surface area contributed by atoms with Crippen molar-refractivity contribution in [3.05, 3.63) is 11.8 Å². The molecule has 96 valence electrons. The molecule has 17 heavy (non-hydrogen) atoms. The van der Waals surface area contributed by atoms with E-state index in [0.29, 0.717) is 32.1 Å². The number of aromatic amines is 1. The van der Waals surface area contributed by atoms with E-state index in [1.165, 1.54) is 4.31 Å². The summed E-state index contributed by atoms with van der Waals surface area (Å²) in [6.45, 7) is 3.58. The lowest BCUT2D eigenvalue weighted by Gasteiger charge is -2.25. The molecular formula is C9H16N4O3S. The Kier molecular flexibility index (Phi) is 3.65. The van der Waals surface area contributed by atoms with Crippen LogP contribution in [-0.4, -0.2) is 49.2 Å². The Bertz CT molecular complexity index is 464. The van der Waals surface area contributed by atoms with Crippen LogP contribution in [0.25, 0.3) is 0 Å². The average molecular weight is 260 g/mol. The molecule has 8 heteroatoms. The molecule has 0 bridgehead atoms. The quantitative estimate of drug-likeness (QED) is 0.795. The minimum atomic E-state index is -3.51. The molecule has 0 atom stereocenters. The van der Waals surface area contributed by atoms with Gasteiger partial charge in [0.05, 0.1) is 13.2 Å². The number of H-pyrrole nitrogens is 1. The van der Waals surface area contributed by atoms with E-state index in [9.17, 15) is 8.42 Å². The highest BCUT2D eigenvalue weighted by Gasteiger charge is 2.24. The Morgan fingerprint density at radius 1 is 1.53 bits per heavy atom. The second-order valence-electron chi connectivity index (χ2n) is 3.75. The van der Waals surface area contributed by atoms with Crippen molar-refractivity contribution < 1.29 is 13.2 Å². The van der Waals surface area contributed by atoms with Gasteiger partial charge in [0.15, 0.2) is 5.82 Å². The predicted octanol–water partition coefficient (Wildman–Crippen LogP) is -0.0390. The van der Waals surface area contributed by atoms with Gasteiger partial charge in [0.25, 0.3) is 0 Å². The molecule has 2 heterocycles. The molecule has 1 fully saturated rings. The summed E-state index contributed by atoms with van der Waals surface area (Å²) in [5, 5.41) is 6.65. The van der Waals surface area contributed by atoms with Gasteiger partial charge < -0.3 is 4.74 Å². The fourth-order valence-electron chi connectivity index (χ4n) is 1.58. The highest BCUT2D eigenvalue weighted by atomic mass is 32.2. The van der Waals surface area contributed by atoms with E-state index in [2.05, 4.69) is 14.9 Å². The number of hydrogen-bond donors (Lipinski definition) is 2. The number of aryl methyl sites for hydroxylation is 1. The summed E-state index contributed by atoms with van der Waals surface area (Å²) in [5.74, 6) is 0.327. The van der Waals surface area contributed by atoms with Gasteiger partial charge in [-0.05, 0) is 6.42 Å². The molecule has 1 aromatic heterocycles. The van der Waals surface area contributed by atoms with E-state index in [0.717, 1.165) is 12.1 Å². The van der Waals surface area contributed by atoms with Crippen LogP contribution in [0, 0.1) is 0 Å². The van der Waals surface area contributed by atoms with Crippen LogP contribution in [0.1, 0.15) is 12.6 Å². The highest BCUT2D eigenvalue weighted by Crippen LogP contribution is 2.11. The monoisotopic (exact) mass is 260 g/mol. The molecule has 0 radical (unpaired) electrons. The van der Waals surface area contributed by atoms with Crippen LogP contribution in [0.2, 0.25) is 0 Å². The van der Waals surface area contributed by atoms with Gasteiger partial charge in [0.1, 0.15) is 0 Å². The number of hydrogen-bond acceptors (Lipinski definition) is 4. The average Bonchev–Trinajstić information content (AvgIpc) is 2.77. The molecule has 0 aliphatic carbocycles. The number of aromatic nitrogens is 2. The van der Waals surface area contributed by atoms with Gasteiger partial charge in [-0.1, -0.05) is 6.92 Å². The van der Waals surface area contributed by atoms with Crippen molar-refractivity contribution in [2.24, 2.45) is 0 Å². The first kappa shape index (κ1) is 12.3. The van der Waals surface area contributed by atoms with Crippen LogP contribution in [0.15, 0.2) is 6.07 Å². The maximum Gasteiger partial charge on any atom is 0.303 e. The zero-order valence-electron chi connectivity index (χ0n) is 9.64. The van der Waals surface area contributed by atoms with Gasteiger partial charge in [0.2, 0.25) is 0 Å². The lowest BCUT2D eigenvalue weighted by molar-refractivity contribution is 0.0733.